The van der Waals surface area contributed by atoms with Crippen LogP contribution in [0.1, 0.15) is 28.7 Å². The number of H-pyrrole nitrogens is 1. The fraction of sp³-hybridized carbons (Fsp3) is 0.200. The summed E-state index contributed by atoms with van der Waals surface area (Å²) in [5, 5.41) is 19.3. The van der Waals surface area contributed by atoms with Crippen LogP contribution in [0.2, 0.25) is 10.0 Å². The molecule has 8 nitrogen and oxygen atoms in total. The van der Waals surface area contributed by atoms with Crippen molar-refractivity contribution >= 4 is 34.8 Å². The number of anilines is 1. The summed E-state index contributed by atoms with van der Waals surface area (Å²) in [7, 11) is 0. The van der Waals surface area contributed by atoms with Gasteiger partial charge >= 0.3 is 0 Å². The van der Waals surface area contributed by atoms with Crippen molar-refractivity contribution in [2.45, 2.75) is 26.9 Å². The van der Waals surface area contributed by atoms with Gasteiger partial charge in [-0.15, -0.1) is 0 Å². The van der Waals surface area contributed by atoms with Crippen LogP contribution in [0.25, 0.3) is 11.3 Å². The highest BCUT2D eigenvalue weighted by molar-refractivity contribution is 6.42. The van der Waals surface area contributed by atoms with Crippen LogP contribution in [0, 0.1) is 6.92 Å². The number of halogens is 2. The molecule has 154 valence electrons. The van der Waals surface area contributed by atoms with E-state index in [1.54, 1.807) is 41.3 Å². The van der Waals surface area contributed by atoms with Crippen molar-refractivity contribution in [3.8, 4) is 11.3 Å². The van der Waals surface area contributed by atoms with Crippen LogP contribution in [0.3, 0.4) is 0 Å². The smallest absolute Gasteiger partial charge is 0.273 e. The van der Waals surface area contributed by atoms with E-state index in [1.807, 2.05) is 24.7 Å². The first-order chi connectivity index (χ1) is 14.4. The molecular weight excluding hydrogens is 425 g/mol. The number of benzene rings is 1. The molecule has 3 aromatic heterocycles. The maximum atomic E-state index is 12.6. The molecule has 1 amide bonds. The molecule has 1 aromatic carbocycles. The predicted molar refractivity (Wildman–Crippen MR) is 116 cm³/mol. The van der Waals surface area contributed by atoms with E-state index in [9.17, 15) is 4.79 Å². The van der Waals surface area contributed by atoms with Crippen LogP contribution in [0.4, 0.5) is 5.69 Å². The van der Waals surface area contributed by atoms with Crippen LogP contribution < -0.4 is 5.32 Å². The van der Waals surface area contributed by atoms with Crippen LogP contribution in [-0.4, -0.2) is 35.7 Å². The zero-order valence-corrected chi connectivity index (χ0v) is 17.9. The quantitative estimate of drug-likeness (QED) is 0.461. The van der Waals surface area contributed by atoms with Crippen molar-refractivity contribution in [3.63, 3.8) is 0 Å². The molecule has 0 fully saturated rings. The molecule has 0 atom stereocenters. The fourth-order valence-electron chi connectivity index (χ4n) is 3.09. The van der Waals surface area contributed by atoms with Gasteiger partial charge in [0.25, 0.3) is 5.91 Å². The van der Waals surface area contributed by atoms with E-state index in [2.05, 4.69) is 25.7 Å². The molecule has 0 unspecified atom stereocenters. The van der Waals surface area contributed by atoms with Gasteiger partial charge in [-0.3, -0.25) is 19.3 Å². The number of aromatic nitrogens is 6. The Labute approximate surface area is 182 Å². The maximum absolute atomic E-state index is 12.6. The Morgan fingerprint density at radius 1 is 1.17 bits per heavy atom. The third kappa shape index (κ3) is 4.10. The van der Waals surface area contributed by atoms with Gasteiger partial charge in [-0.25, -0.2) is 0 Å². The summed E-state index contributed by atoms with van der Waals surface area (Å²) in [4.78, 5) is 12.6. The molecule has 30 heavy (non-hydrogen) atoms. The molecule has 0 radical (unpaired) electrons. The first-order valence-corrected chi connectivity index (χ1v) is 10.1. The summed E-state index contributed by atoms with van der Waals surface area (Å²) in [5.74, 6) is -0.316. The Hall–Kier alpha value is -3.10. The minimum atomic E-state index is -0.316. The molecule has 0 spiro atoms. The van der Waals surface area contributed by atoms with Gasteiger partial charge in [-0.05, 0) is 32.0 Å². The number of carbonyl (C=O) groups is 1. The van der Waals surface area contributed by atoms with Crippen molar-refractivity contribution in [1.29, 1.82) is 0 Å². The zero-order chi connectivity index (χ0) is 21.3. The maximum Gasteiger partial charge on any atom is 0.273 e. The molecule has 0 aliphatic carbocycles. The Morgan fingerprint density at radius 3 is 2.73 bits per heavy atom. The summed E-state index contributed by atoms with van der Waals surface area (Å²) < 4.78 is 3.69. The number of carbonyl (C=O) groups excluding carboxylic acids is 1. The van der Waals surface area contributed by atoms with Gasteiger partial charge in [0, 0.05) is 29.6 Å². The second kappa shape index (κ2) is 8.33. The topological polar surface area (TPSA) is 93.4 Å². The first kappa shape index (κ1) is 20.2. The van der Waals surface area contributed by atoms with Crippen molar-refractivity contribution < 1.29 is 4.79 Å². The van der Waals surface area contributed by atoms with E-state index >= 15 is 0 Å². The molecule has 4 rings (SSSR count). The lowest BCUT2D eigenvalue weighted by Crippen LogP contribution is -2.11. The minimum Gasteiger partial charge on any atom is -0.318 e. The molecule has 2 N–H and O–H groups in total. The molecule has 0 bridgehead atoms. The highest BCUT2D eigenvalue weighted by atomic mass is 35.5. The van der Waals surface area contributed by atoms with Gasteiger partial charge in [0.2, 0.25) is 0 Å². The van der Waals surface area contributed by atoms with Gasteiger partial charge in [0.15, 0.2) is 0 Å². The Balaban J connectivity index is 1.44. The largest absolute Gasteiger partial charge is 0.318 e. The van der Waals surface area contributed by atoms with Crippen molar-refractivity contribution in [3.05, 3.63) is 69.9 Å². The lowest BCUT2D eigenvalue weighted by molar-refractivity contribution is 0.102. The summed E-state index contributed by atoms with van der Waals surface area (Å²) in [6, 6.07) is 6.84. The molecule has 0 saturated carbocycles. The molecule has 3 heterocycles. The summed E-state index contributed by atoms with van der Waals surface area (Å²) >= 11 is 12.0. The predicted octanol–water partition coefficient (Wildman–Crippen LogP) is 4.41. The van der Waals surface area contributed by atoms with Crippen LogP contribution >= 0.6 is 23.2 Å². The monoisotopic (exact) mass is 443 g/mol. The standard InChI is InChI=1S/C20H19Cl2N7O/c1-3-29-12(2)14(8-24-29)10-28-11-15(9-23-28)25-20(30)19-7-18(26-27-19)13-4-5-16(21)17(22)6-13/h4-9,11H,3,10H2,1-2H3,(H,25,30)(H,26,27). The van der Waals surface area contributed by atoms with E-state index in [1.165, 1.54) is 0 Å². The second-order valence-corrected chi connectivity index (χ2v) is 7.56. The van der Waals surface area contributed by atoms with Gasteiger partial charge in [0.05, 0.1) is 40.4 Å². The van der Waals surface area contributed by atoms with E-state index < -0.39 is 0 Å². The van der Waals surface area contributed by atoms with Crippen LogP contribution in [0.5, 0.6) is 0 Å². The van der Waals surface area contributed by atoms with Crippen molar-refractivity contribution in [2.75, 3.05) is 5.32 Å². The second-order valence-electron chi connectivity index (χ2n) is 6.75. The molecule has 4 aromatic rings. The van der Waals surface area contributed by atoms with E-state index in [4.69, 9.17) is 23.2 Å². The van der Waals surface area contributed by atoms with Crippen LogP contribution in [-0.2, 0) is 13.1 Å². The summed E-state index contributed by atoms with van der Waals surface area (Å²) in [5.41, 5.74) is 4.45. The number of aryl methyl sites for hydroxylation is 1. The number of amides is 1. The first-order valence-electron chi connectivity index (χ1n) is 9.30. The molecule has 0 aliphatic rings. The number of rotatable bonds is 6. The summed E-state index contributed by atoms with van der Waals surface area (Å²) in [6.45, 7) is 5.48. The molecule has 10 heteroatoms. The third-order valence-electron chi connectivity index (χ3n) is 4.77. The average molecular weight is 444 g/mol. The van der Waals surface area contributed by atoms with Gasteiger partial charge in [-0.1, -0.05) is 29.3 Å². The molecular formula is C20H19Cl2N7O. The summed E-state index contributed by atoms with van der Waals surface area (Å²) in [6.07, 6.45) is 5.22. The minimum absolute atomic E-state index is 0.316. The van der Waals surface area contributed by atoms with Crippen LogP contribution in [0.15, 0.2) is 42.9 Å². The Kier molecular flexibility index (Phi) is 5.61. The molecule has 0 aliphatic heterocycles. The van der Waals surface area contributed by atoms with E-state index in [-0.39, 0.29) is 5.91 Å². The molecule has 0 saturated heterocycles. The Bertz CT molecular complexity index is 1210. The highest BCUT2D eigenvalue weighted by Gasteiger charge is 2.14. The fourth-order valence-corrected chi connectivity index (χ4v) is 3.39. The zero-order valence-electron chi connectivity index (χ0n) is 16.4. The Morgan fingerprint density at radius 2 is 2.00 bits per heavy atom. The number of nitrogens with zero attached hydrogens (tertiary/aromatic N) is 5. The normalized spacial score (nSPS) is 11.1. The highest BCUT2D eigenvalue weighted by Crippen LogP contribution is 2.27. The number of aromatic amines is 1. The average Bonchev–Trinajstić information content (AvgIpc) is 3.46. The van der Waals surface area contributed by atoms with E-state index in [0.29, 0.717) is 33.7 Å². The number of hydrogen-bond acceptors (Lipinski definition) is 4. The van der Waals surface area contributed by atoms with Gasteiger partial charge in [0.1, 0.15) is 5.69 Å². The van der Waals surface area contributed by atoms with Gasteiger partial charge < -0.3 is 5.32 Å². The lowest BCUT2D eigenvalue weighted by atomic mass is 10.1. The van der Waals surface area contributed by atoms with Gasteiger partial charge in [-0.2, -0.15) is 15.3 Å². The van der Waals surface area contributed by atoms with E-state index in [0.717, 1.165) is 23.4 Å². The SMILES string of the molecule is CCn1ncc(Cn2cc(NC(=O)c3cc(-c4ccc(Cl)c(Cl)c4)n[nH]3)cn2)c1C. The lowest BCUT2D eigenvalue weighted by Gasteiger charge is -2.03. The van der Waals surface area contributed by atoms with Crippen molar-refractivity contribution in [1.82, 2.24) is 29.8 Å². The third-order valence-corrected chi connectivity index (χ3v) is 5.50. The number of hydrogen-bond donors (Lipinski definition) is 2. The van der Waals surface area contributed by atoms with Crippen molar-refractivity contribution in [2.24, 2.45) is 0 Å². The number of nitrogens with one attached hydrogen (secondary N) is 2.